The first-order valence-electron chi connectivity index (χ1n) is 6.24. The van der Waals surface area contributed by atoms with Crippen molar-refractivity contribution >= 4 is 0 Å². The highest BCUT2D eigenvalue weighted by Gasteiger charge is 1.51. The highest BCUT2D eigenvalue weighted by molar-refractivity contribution is 4.16. The molecule has 0 aromatic carbocycles. The predicted octanol–water partition coefficient (Wildman–Crippen LogP) is 0.903. The van der Waals surface area contributed by atoms with Gasteiger partial charge in [-0.3, -0.25) is 0 Å². The number of nitrogens with one attached hydrogen (secondary N) is 4. The summed E-state index contributed by atoms with van der Waals surface area (Å²) in [5, 5.41) is 11.7. The lowest BCUT2D eigenvalue weighted by atomic mass is 10.8. The Balaban J connectivity index is -0.0000000600. The second-order valence-electron chi connectivity index (χ2n) is 2.83. The smallest absolute Gasteiger partial charge is 0.00804 e. The second-order valence-corrected chi connectivity index (χ2v) is 2.83. The Labute approximate surface area is 104 Å². The van der Waals surface area contributed by atoms with Crippen LogP contribution in [0.1, 0.15) is 27.7 Å². The standard InChI is InChI=1S/4C3H9N/c4*1-3-4-2/h4*4H,3H2,1-2H3. The molecule has 0 unspecified atom stereocenters. The van der Waals surface area contributed by atoms with Crippen LogP contribution in [-0.2, 0) is 0 Å². The van der Waals surface area contributed by atoms with Crippen molar-refractivity contribution in [2.24, 2.45) is 0 Å². The van der Waals surface area contributed by atoms with Gasteiger partial charge in [0.05, 0.1) is 0 Å². The second kappa shape index (κ2) is 46.2. The van der Waals surface area contributed by atoms with E-state index in [4.69, 9.17) is 0 Å². The molecule has 0 aliphatic carbocycles. The van der Waals surface area contributed by atoms with Gasteiger partial charge in [-0.15, -0.1) is 0 Å². The Morgan fingerprint density at radius 3 is 0.500 bits per heavy atom. The highest BCUT2D eigenvalue weighted by atomic mass is 14.8. The van der Waals surface area contributed by atoms with Gasteiger partial charge >= 0.3 is 0 Å². The summed E-state index contributed by atoms with van der Waals surface area (Å²) in [7, 11) is 7.72. The van der Waals surface area contributed by atoms with E-state index in [1.165, 1.54) is 0 Å². The monoisotopic (exact) mass is 236 g/mol. The number of rotatable bonds is 4. The Morgan fingerprint density at radius 1 is 0.438 bits per heavy atom. The number of hydrogen-bond acceptors (Lipinski definition) is 4. The van der Waals surface area contributed by atoms with Crippen molar-refractivity contribution in [1.82, 2.24) is 21.3 Å². The van der Waals surface area contributed by atoms with Gasteiger partial charge in [0.1, 0.15) is 0 Å². The van der Waals surface area contributed by atoms with E-state index in [0.717, 1.165) is 26.2 Å². The topological polar surface area (TPSA) is 48.1 Å². The van der Waals surface area contributed by atoms with Gasteiger partial charge in [0.15, 0.2) is 0 Å². The molecule has 0 saturated heterocycles. The molecule has 0 aliphatic heterocycles. The molecular weight excluding hydrogens is 200 g/mol. The van der Waals surface area contributed by atoms with Crippen molar-refractivity contribution < 1.29 is 0 Å². The van der Waals surface area contributed by atoms with Gasteiger partial charge in [0.25, 0.3) is 0 Å². The fraction of sp³-hybridized carbons (Fsp3) is 1.00. The summed E-state index contributed by atoms with van der Waals surface area (Å²) >= 11 is 0. The maximum Gasteiger partial charge on any atom is -0.00804 e. The lowest BCUT2D eigenvalue weighted by Crippen LogP contribution is -2.01. The van der Waals surface area contributed by atoms with E-state index in [0.29, 0.717) is 0 Å². The maximum absolute atomic E-state index is 2.93. The van der Waals surface area contributed by atoms with Gasteiger partial charge in [-0.2, -0.15) is 0 Å². The summed E-state index contributed by atoms with van der Waals surface area (Å²) in [4.78, 5) is 0. The molecule has 16 heavy (non-hydrogen) atoms. The minimum atomic E-state index is 1.07. The van der Waals surface area contributed by atoms with Gasteiger partial charge < -0.3 is 21.3 Å². The summed E-state index contributed by atoms with van der Waals surface area (Å²) in [5.74, 6) is 0. The van der Waals surface area contributed by atoms with Crippen LogP contribution in [0.3, 0.4) is 0 Å². The van der Waals surface area contributed by atoms with Gasteiger partial charge in [0, 0.05) is 0 Å². The van der Waals surface area contributed by atoms with E-state index in [1.54, 1.807) is 0 Å². The van der Waals surface area contributed by atoms with Crippen LogP contribution in [0.25, 0.3) is 0 Å². The van der Waals surface area contributed by atoms with E-state index in [1.807, 2.05) is 28.2 Å². The van der Waals surface area contributed by atoms with Crippen molar-refractivity contribution in [3.8, 4) is 0 Å². The molecule has 0 aromatic heterocycles. The zero-order chi connectivity index (χ0) is 13.7. The Hall–Kier alpha value is -0.160. The van der Waals surface area contributed by atoms with Crippen LogP contribution in [0, 0.1) is 0 Å². The summed E-state index contributed by atoms with van der Waals surface area (Å²) in [6.45, 7) is 12.6. The largest absolute Gasteiger partial charge is 0.320 e. The molecule has 0 aliphatic rings. The van der Waals surface area contributed by atoms with Crippen molar-refractivity contribution in [3.63, 3.8) is 0 Å². The molecule has 0 spiro atoms. The zero-order valence-corrected chi connectivity index (χ0v) is 12.8. The SMILES string of the molecule is CCNC.CCNC.CCNC.CCNC. The summed E-state index contributed by atoms with van der Waals surface area (Å²) in [6.07, 6.45) is 0. The van der Waals surface area contributed by atoms with Crippen LogP contribution in [-0.4, -0.2) is 54.4 Å². The first-order chi connectivity index (χ1) is 7.66. The van der Waals surface area contributed by atoms with E-state index in [-0.39, 0.29) is 0 Å². The molecule has 4 heteroatoms. The van der Waals surface area contributed by atoms with Crippen LogP contribution in [0.5, 0.6) is 0 Å². The number of hydrogen-bond donors (Lipinski definition) is 4. The molecule has 0 amide bonds. The molecule has 4 N–H and O–H groups in total. The summed E-state index contributed by atoms with van der Waals surface area (Å²) in [6, 6.07) is 0. The Bertz CT molecular complexity index is 37.0. The van der Waals surface area contributed by atoms with E-state index in [9.17, 15) is 0 Å². The van der Waals surface area contributed by atoms with E-state index < -0.39 is 0 Å². The molecule has 0 heterocycles. The van der Waals surface area contributed by atoms with Crippen LogP contribution in [0.4, 0.5) is 0 Å². The molecular formula is C12H36N4. The first kappa shape index (κ1) is 24.9. The quantitative estimate of drug-likeness (QED) is 0.586. The van der Waals surface area contributed by atoms with Crippen molar-refractivity contribution in [2.45, 2.75) is 27.7 Å². The van der Waals surface area contributed by atoms with Gasteiger partial charge in [-0.1, -0.05) is 27.7 Å². The fourth-order valence-electron chi connectivity index (χ4n) is 0. The highest BCUT2D eigenvalue weighted by Crippen LogP contribution is 1.35. The zero-order valence-electron chi connectivity index (χ0n) is 12.8. The maximum atomic E-state index is 2.93. The third-order valence-corrected chi connectivity index (χ3v) is 1.41. The third kappa shape index (κ3) is 155. The normalized spacial score (nSPS) is 7.50. The molecule has 104 valence electrons. The average Bonchev–Trinajstić information content (AvgIpc) is 2.39. The lowest BCUT2D eigenvalue weighted by Gasteiger charge is -1.76. The van der Waals surface area contributed by atoms with E-state index in [2.05, 4.69) is 49.0 Å². The van der Waals surface area contributed by atoms with E-state index >= 15 is 0 Å². The predicted molar refractivity (Wildman–Crippen MR) is 78.4 cm³/mol. The Kier molecular flexibility index (Phi) is 71.9. The fourth-order valence-corrected chi connectivity index (χ4v) is 0. The molecule has 4 nitrogen and oxygen atoms in total. The lowest BCUT2D eigenvalue weighted by molar-refractivity contribution is 0.863. The van der Waals surface area contributed by atoms with Gasteiger partial charge in [0.2, 0.25) is 0 Å². The first-order valence-corrected chi connectivity index (χ1v) is 6.24. The third-order valence-electron chi connectivity index (χ3n) is 1.41. The van der Waals surface area contributed by atoms with Crippen LogP contribution >= 0.6 is 0 Å². The van der Waals surface area contributed by atoms with Gasteiger partial charge in [-0.05, 0) is 54.4 Å². The van der Waals surface area contributed by atoms with Crippen LogP contribution in [0.2, 0.25) is 0 Å². The van der Waals surface area contributed by atoms with Crippen molar-refractivity contribution in [2.75, 3.05) is 54.4 Å². The summed E-state index contributed by atoms with van der Waals surface area (Å²) in [5.41, 5.74) is 0. The van der Waals surface area contributed by atoms with Crippen LogP contribution in [0.15, 0.2) is 0 Å². The van der Waals surface area contributed by atoms with Crippen LogP contribution < -0.4 is 21.3 Å². The molecule has 0 radical (unpaired) electrons. The summed E-state index contributed by atoms with van der Waals surface area (Å²) < 4.78 is 0. The average molecular weight is 236 g/mol. The molecule has 0 fully saturated rings. The minimum absolute atomic E-state index is 1.07. The molecule has 0 atom stereocenters. The molecule has 0 rings (SSSR count). The molecule has 0 bridgehead atoms. The minimum Gasteiger partial charge on any atom is -0.320 e. The molecule has 0 aromatic rings. The molecule has 0 saturated carbocycles. The van der Waals surface area contributed by atoms with Crippen molar-refractivity contribution in [3.05, 3.63) is 0 Å². The van der Waals surface area contributed by atoms with Crippen molar-refractivity contribution in [1.29, 1.82) is 0 Å². The van der Waals surface area contributed by atoms with Gasteiger partial charge in [-0.25, -0.2) is 0 Å². The Morgan fingerprint density at radius 2 is 0.500 bits per heavy atom.